The predicted octanol–water partition coefficient (Wildman–Crippen LogP) is 2.78. The minimum Gasteiger partial charge on any atom is -0.378 e. The van der Waals surface area contributed by atoms with Crippen LogP contribution in [0.25, 0.3) is 0 Å². The smallest absolute Gasteiger partial charge is 0.123 e. The monoisotopic (exact) mass is 301 g/mol. The van der Waals surface area contributed by atoms with E-state index in [0.29, 0.717) is 19.8 Å². The van der Waals surface area contributed by atoms with Crippen molar-refractivity contribution in [2.75, 3.05) is 36.6 Å². The number of benzene rings is 2. The summed E-state index contributed by atoms with van der Waals surface area (Å²) in [6.07, 6.45) is 0. The Morgan fingerprint density at radius 2 is 1.82 bits per heavy atom. The van der Waals surface area contributed by atoms with Gasteiger partial charge in [0.1, 0.15) is 5.82 Å². The molecule has 1 heterocycles. The zero-order chi connectivity index (χ0) is 15.2. The van der Waals surface area contributed by atoms with Gasteiger partial charge in [-0.2, -0.15) is 0 Å². The summed E-state index contributed by atoms with van der Waals surface area (Å²) in [7, 11) is 0. The number of rotatable bonds is 5. The Kier molecular flexibility index (Phi) is 4.88. The van der Waals surface area contributed by atoms with Crippen LogP contribution in [-0.2, 0) is 11.3 Å². The molecule has 0 unspecified atom stereocenters. The molecule has 22 heavy (non-hydrogen) atoms. The molecular weight excluding hydrogens is 281 g/mol. The van der Waals surface area contributed by atoms with Crippen LogP contribution in [0.1, 0.15) is 5.56 Å². The van der Waals surface area contributed by atoms with E-state index in [9.17, 15) is 4.39 Å². The lowest BCUT2D eigenvalue weighted by Crippen LogP contribution is -2.37. The van der Waals surface area contributed by atoms with Gasteiger partial charge in [-0.3, -0.25) is 0 Å². The van der Waals surface area contributed by atoms with Crippen LogP contribution in [0.5, 0.6) is 0 Å². The number of para-hydroxylation sites is 1. The number of anilines is 2. The number of hydrazine groups is 1. The molecule has 2 N–H and O–H groups in total. The van der Waals surface area contributed by atoms with Gasteiger partial charge in [0.25, 0.3) is 0 Å². The highest BCUT2D eigenvalue weighted by molar-refractivity contribution is 5.54. The number of nitrogens with zero attached hydrogens (tertiary/aromatic N) is 1. The SMILES string of the molecule is Fc1ccc(N2CCOCC2)c(CNNc2ccccc2)c1. The first-order valence-corrected chi connectivity index (χ1v) is 7.48. The van der Waals surface area contributed by atoms with E-state index in [0.717, 1.165) is 30.0 Å². The van der Waals surface area contributed by atoms with Gasteiger partial charge in [0, 0.05) is 31.0 Å². The zero-order valence-electron chi connectivity index (χ0n) is 12.4. The van der Waals surface area contributed by atoms with Crippen LogP contribution >= 0.6 is 0 Å². The molecule has 0 aliphatic carbocycles. The maximum atomic E-state index is 13.6. The molecule has 3 rings (SSSR count). The second-order valence-electron chi connectivity index (χ2n) is 5.22. The van der Waals surface area contributed by atoms with Gasteiger partial charge >= 0.3 is 0 Å². The molecule has 0 amide bonds. The Hall–Kier alpha value is -2.11. The van der Waals surface area contributed by atoms with Crippen molar-refractivity contribution in [3.05, 3.63) is 59.9 Å². The van der Waals surface area contributed by atoms with Crippen LogP contribution in [-0.4, -0.2) is 26.3 Å². The number of nitrogens with one attached hydrogen (secondary N) is 2. The molecule has 0 spiro atoms. The predicted molar refractivity (Wildman–Crippen MR) is 86.3 cm³/mol. The van der Waals surface area contributed by atoms with Gasteiger partial charge < -0.3 is 15.1 Å². The minimum absolute atomic E-state index is 0.214. The molecule has 1 saturated heterocycles. The molecule has 1 aliphatic heterocycles. The van der Waals surface area contributed by atoms with Crippen LogP contribution in [0.15, 0.2) is 48.5 Å². The van der Waals surface area contributed by atoms with Crippen molar-refractivity contribution in [1.29, 1.82) is 0 Å². The van der Waals surface area contributed by atoms with E-state index in [-0.39, 0.29) is 5.82 Å². The van der Waals surface area contributed by atoms with Crippen LogP contribution in [0.2, 0.25) is 0 Å². The van der Waals surface area contributed by atoms with Crippen molar-refractivity contribution >= 4 is 11.4 Å². The highest BCUT2D eigenvalue weighted by Gasteiger charge is 2.15. The fourth-order valence-electron chi connectivity index (χ4n) is 2.57. The zero-order valence-corrected chi connectivity index (χ0v) is 12.4. The minimum atomic E-state index is -0.214. The summed E-state index contributed by atoms with van der Waals surface area (Å²) in [6.45, 7) is 3.65. The van der Waals surface area contributed by atoms with Crippen molar-refractivity contribution in [2.45, 2.75) is 6.54 Å². The summed E-state index contributed by atoms with van der Waals surface area (Å²) in [4.78, 5) is 2.24. The van der Waals surface area contributed by atoms with E-state index in [1.54, 1.807) is 6.07 Å². The quantitative estimate of drug-likeness (QED) is 0.833. The van der Waals surface area contributed by atoms with Crippen LogP contribution in [0.3, 0.4) is 0 Å². The fourth-order valence-corrected chi connectivity index (χ4v) is 2.57. The Morgan fingerprint density at radius 1 is 1.05 bits per heavy atom. The van der Waals surface area contributed by atoms with Gasteiger partial charge in [-0.25, -0.2) is 9.82 Å². The van der Waals surface area contributed by atoms with E-state index < -0.39 is 0 Å². The van der Waals surface area contributed by atoms with Gasteiger partial charge in [0.2, 0.25) is 0 Å². The van der Waals surface area contributed by atoms with Crippen molar-refractivity contribution in [3.8, 4) is 0 Å². The molecular formula is C17H20FN3O. The summed E-state index contributed by atoms with van der Waals surface area (Å²) in [5, 5.41) is 0. The average Bonchev–Trinajstić information content (AvgIpc) is 2.57. The van der Waals surface area contributed by atoms with Crippen LogP contribution in [0.4, 0.5) is 15.8 Å². The lowest BCUT2D eigenvalue weighted by Gasteiger charge is -2.30. The molecule has 2 aromatic carbocycles. The molecule has 0 aromatic heterocycles. The van der Waals surface area contributed by atoms with Crippen molar-refractivity contribution in [3.63, 3.8) is 0 Å². The van der Waals surface area contributed by atoms with Gasteiger partial charge in [0.05, 0.1) is 13.2 Å². The van der Waals surface area contributed by atoms with Crippen LogP contribution < -0.4 is 15.8 Å². The lowest BCUT2D eigenvalue weighted by atomic mass is 10.1. The molecule has 4 nitrogen and oxygen atoms in total. The molecule has 5 heteroatoms. The standard InChI is InChI=1S/C17H20FN3O/c18-15-6-7-17(21-8-10-22-11-9-21)14(12-15)13-19-20-16-4-2-1-3-5-16/h1-7,12,19-20H,8-11,13H2. The second-order valence-corrected chi connectivity index (χ2v) is 5.22. The van der Waals surface area contributed by atoms with Gasteiger partial charge in [-0.1, -0.05) is 18.2 Å². The molecule has 0 atom stereocenters. The van der Waals surface area contributed by atoms with Gasteiger partial charge in [0.15, 0.2) is 0 Å². The van der Waals surface area contributed by atoms with Gasteiger partial charge in [-0.05, 0) is 35.9 Å². The Bertz CT molecular complexity index is 600. The Labute approximate surface area is 129 Å². The number of ether oxygens (including phenoxy) is 1. The number of morpholine rings is 1. The van der Waals surface area contributed by atoms with E-state index >= 15 is 0 Å². The number of hydrogen-bond acceptors (Lipinski definition) is 4. The fraction of sp³-hybridized carbons (Fsp3) is 0.294. The summed E-state index contributed by atoms with van der Waals surface area (Å²) in [5.74, 6) is -0.214. The van der Waals surface area contributed by atoms with Gasteiger partial charge in [-0.15, -0.1) is 0 Å². The number of halogens is 1. The summed E-state index contributed by atoms with van der Waals surface area (Å²) >= 11 is 0. The first-order chi connectivity index (χ1) is 10.8. The summed E-state index contributed by atoms with van der Waals surface area (Å²) in [5.41, 5.74) is 9.25. The molecule has 0 radical (unpaired) electrons. The molecule has 0 bridgehead atoms. The molecule has 116 valence electrons. The van der Waals surface area contributed by atoms with Crippen LogP contribution in [0, 0.1) is 5.82 Å². The second kappa shape index (κ2) is 7.24. The number of hydrogen-bond donors (Lipinski definition) is 2. The van der Waals surface area contributed by atoms with Crippen molar-refractivity contribution < 1.29 is 9.13 Å². The Morgan fingerprint density at radius 3 is 2.59 bits per heavy atom. The maximum Gasteiger partial charge on any atom is 0.123 e. The lowest BCUT2D eigenvalue weighted by molar-refractivity contribution is 0.122. The third-order valence-corrected chi connectivity index (χ3v) is 3.68. The van der Waals surface area contributed by atoms with Crippen molar-refractivity contribution in [1.82, 2.24) is 5.43 Å². The third-order valence-electron chi connectivity index (χ3n) is 3.68. The first-order valence-electron chi connectivity index (χ1n) is 7.48. The molecule has 1 fully saturated rings. The van der Waals surface area contributed by atoms with E-state index in [1.807, 2.05) is 36.4 Å². The average molecular weight is 301 g/mol. The summed E-state index contributed by atoms with van der Waals surface area (Å²) in [6, 6.07) is 14.8. The largest absolute Gasteiger partial charge is 0.378 e. The van der Waals surface area contributed by atoms with E-state index in [2.05, 4.69) is 15.8 Å². The first kappa shape index (κ1) is 14.8. The highest BCUT2D eigenvalue weighted by Crippen LogP contribution is 2.22. The Balaban J connectivity index is 1.67. The molecule has 2 aromatic rings. The topological polar surface area (TPSA) is 36.5 Å². The molecule has 1 aliphatic rings. The van der Waals surface area contributed by atoms with Crippen molar-refractivity contribution in [2.24, 2.45) is 0 Å². The normalized spacial score (nSPS) is 14.9. The third kappa shape index (κ3) is 3.75. The van der Waals surface area contributed by atoms with E-state index in [1.165, 1.54) is 6.07 Å². The summed E-state index contributed by atoms with van der Waals surface area (Å²) < 4.78 is 19.0. The van der Waals surface area contributed by atoms with E-state index in [4.69, 9.17) is 4.74 Å². The maximum absolute atomic E-state index is 13.6. The molecule has 0 saturated carbocycles. The highest BCUT2D eigenvalue weighted by atomic mass is 19.1.